The van der Waals surface area contributed by atoms with Crippen molar-refractivity contribution in [3.05, 3.63) is 61.0 Å². The first-order valence-corrected chi connectivity index (χ1v) is 7.88. The highest BCUT2D eigenvalue weighted by atomic mass is 32.2. The average molecular weight is 316 g/mol. The lowest BCUT2D eigenvalue weighted by atomic mass is 10.2. The largest absolute Gasteiger partial charge is 0.463 e. The molecule has 7 nitrogen and oxygen atoms in total. The van der Waals surface area contributed by atoms with Crippen LogP contribution < -0.4 is 4.72 Å². The number of hydrogen-bond donors (Lipinski definition) is 1. The maximum absolute atomic E-state index is 12.2. The Hall–Kier alpha value is -2.58. The fourth-order valence-corrected chi connectivity index (χ4v) is 2.82. The van der Waals surface area contributed by atoms with E-state index in [1.807, 2.05) is 0 Å². The summed E-state index contributed by atoms with van der Waals surface area (Å²) in [5, 5.41) is 0. The smallest absolute Gasteiger partial charge is 0.242 e. The Labute approximate surface area is 127 Å². The molecule has 0 amide bonds. The molecule has 3 aromatic heterocycles. The number of hydrogen-bond acceptors (Lipinski definition) is 6. The number of aromatic nitrogens is 3. The monoisotopic (exact) mass is 316 g/mol. The van der Waals surface area contributed by atoms with Gasteiger partial charge in [0.25, 0.3) is 0 Å². The highest BCUT2D eigenvalue weighted by Gasteiger charge is 2.16. The fourth-order valence-electron chi connectivity index (χ4n) is 1.87. The van der Waals surface area contributed by atoms with Gasteiger partial charge in [-0.1, -0.05) is 0 Å². The number of furan rings is 1. The summed E-state index contributed by atoms with van der Waals surface area (Å²) in [5.41, 5.74) is 0.978. The van der Waals surface area contributed by atoms with Crippen LogP contribution in [0, 0.1) is 0 Å². The van der Waals surface area contributed by atoms with Crippen molar-refractivity contribution >= 4 is 10.0 Å². The molecule has 0 saturated heterocycles. The molecular formula is C14H12N4O3S. The van der Waals surface area contributed by atoms with E-state index < -0.39 is 10.0 Å². The second-order valence-corrected chi connectivity index (χ2v) is 6.11. The third-order valence-corrected chi connectivity index (χ3v) is 4.29. The minimum Gasteiger partial charge on any atom is -0.463 e. The van der Waals surface area contributed by atoms with Crippen molar-refractivity contribution < 1.29 is 12.8 Å². The quantitative estimate of drug-likeness (QED) is 0.768. The van der Waals surface area contributed by atoms with Gasteiger partial charge in [0.15, 0.2) is 5.76 Å². The molecule has 22 heavy (non-hydrogen) atoms. The summed E-state index contributed by atoms with van der Waals surface area (Å²) >= 11 is 0. The van der Waals surface area contributed by atoms with E-state index in [1.54, 1.807) is 18.2 Å². The predicted octanol–water partition coefficient (Wildman–Crippen LogP) is 1.61. The van der Waals surface area contributed by atoms with E-state index in [0.717, 1.165) is 0 Å². The van der Waals surface area contributed by atoms with Crippen LogP contribution in [0.4, 0.5) is 0 Å². The molecule has 0 aliphatic rings. The molecule has 0 fully saturated rings. The summed E-state index contributed by atoms with van der Waals surface area (Å²) in [6.07, 6.45) is 7.34. The summed E-state index contributed by atoms with van der Waals surface area (Å²) in [4.78, 5) is 12.3. The third kappa shape index (κ3) is 3.02. The standard InChI is InChI=1S/C14H12N4O3S/c19-22(20,11-3-1-5-15-9-11)18-10-12-14(17-7-6-16-12)13-4-2-8-21-13/h1-9,18H,10H2. The molecule has 0 atom stereocenters. The van der Waals surface area contributed by atoms with Gasteiger partial charge in [-0.15, -0.1) is 0 Å². The van der Waals surface area contributed by atoms with Crippen LogP contribution in [-0.4, -0.2) is 23.4 Å². The Morgan fingerprint density at radius 3 is 2.68 bits per heavy atom. The van der Waals surface area contributed by atoms with Crippen molar-refractivity contribution in [2.75, 3.05) is 0 Å². The summed E-state index contributed by atoms with van der Waals surface area (Å²) in [6.45, 7) is 0.00109. The fraction of sp³-hybridized carbons (Fsp3) is 0.0714. The molecule has 1 N–H and O–H groups in total. The number of rotatable bonds is 5. The van der Waals surface area contributed by atoms with Crippen molar-refractivity contribution in [3.8, 4) is 11.5 Å². The average Bonchev–Trinajstić information content (AvgIpc) is 3.08. The van der Waals surface area contributed by atoms with Gasteiger partial charge in [0.2, 0.25) is 10.0 Å². The molecule has 0 saturated carbocycles. The van der Waals surface area contributed by atoms with Crippen LogP contribution >= 0.6 is 0 Å². The Bertz CT molecular complexity index is 849. The zero-order valence-corrected chi connectivity index (χ0v) is 12.2. The van der Waals surface area contributed by atoms with Gasteiger partial charge in [0.05, 0.1) is 18.5 Å². The molecule has 0 spiro atoms. The zero-order chi connectivity index (χ0) is 15.4. The van der Waals surface area contributed by atoms with Crippen LogP contribution in [0.15, 0.2) is 64.6 Å². The Morgan fingerprint density at radius 1 is 1.09 bits per heavy atom. The SMILES string of the molecule is O=S(=O)(NCc1nccnc1-c1ccco1)c1cccnc1. The summed E-state index contributed by atoms with van der Waals surface area (Å²) in [7, 11) is -3.65. The lowest BCUT2D eigenvalue weighted by Crippen LogP contribution is -2.24. The number of sulfonamides is 1. The molecule has 0 aromatic carbocycles. The van der Waals surface area contributed by atoms with Gasteiger partial charge >= 0.3 is 0 Å². The van der Waals surface area contributed by atoms with Gasteiger partial charge in [-0.05, 0) is 24.3 Å². The van der Waals surface area contributed by atoms with Crippen LogP contribution in [0.25, 0.3) is 11.5 Å². The highest BCUT2D eigenvalue weighted by Crippen LogP contribution is 2.20. The highest BCUT2D eigenvalue weighted by molar-refractivity contribution is 7.89. The molecule has 3 aromatic rings. The number of nitrogens with one attached hydrogen (secondary N) is 1. The van der Waals surface area contributed by atoms with E-state index in [2.05, 4.69) is 19.7 Å². The topological polar surface area (TPSA) is 98.0 Å². The van der Waals surface area contributed by atoms with Crippen molar-refractivity contribution in [2.45, 2.75) is 11.4 Å². The van der Waals surface area contributed by atoms with Gasteiger partial charge in [-0.25, -0.2) is 18.1 Å². The summed E-state index contributed by atoms with van der Waals surface area (Å²) < 4.78 is 32.1. The number of pyridine rings is 1. The third-order valence-electron chi connectivity index (χ3n) is 2.90. The summed E-state index contributed by atoms with van der Waals surface area (Å²) in [5.74, 6) is 0.531. The van der Waals surface area contributed by atoms with E-state index in [1.165, 1.54) is 37.1 Å². The predicted molar refractivity (Wildman–Crippen MR) is 78.0 cm³/mol. The zero-order valence-electron chi connectivity index (χ0n) is 11.4. The minimum absolute atomic E-state index is 0.00109. The van der Waals surface area contributed by atoms with Crippen molar-refractivity contribution in [3.63, 3.8) is 0 Å². The van der Waals surface area contributed by atoms with Crippen LogP contribution in [0.3, 0.4) is 0 Å². The second-order valence-electron chi connectivity index (χ2n) is 4.34. The molecule has 0 unspecified atom stereocenters. The molecule has 0 aliphatic carbocycles. The van der Waals surface area contributed by atoms with E-state index in [-0.39, 0.29) is 11.4 Å². The molecular weight excluding hydrogens is 304 g/mol. The van der Waals surface area contributed by atoms with E-state index in [9.17, 15) is 8.42 Å². The first-order chi connectivity index (χ1) is 10.7. The molecule has 0 radical (unpaired) electrons. The second kappa shape index (κ2) is 6.04. The van der Waals surface area contributed by atoms with Gasteiger partial charge in [-0.2, -0.15) is 0 Å². The molecule has 3 rings (SSSR count). The summed E-state index contributed by atoms with van der Waals surface area (Å²) in [6, 6.07) is 6.50. The van der Waals surface area contributed by atoms with Gasteiger partial charge in [-0.3, -0.25) is 9.97 Å². The lowest BCUT2D eigenvalue weighted by Gasteiger charge is -2.08. The maximum atomic E-state index is 12.2. The normalized spacial score (nSPS) is 11.5. The van der Waals surface area contributed by atoms with Gasteiger partial charge in [0.1, 0.15) is 10.6 Å². The first-order valence-electron chi connectivity index (χ1n) is 6.40. The van der Waals surface area contributed by atoms with Gasteiger partial charge in [0, 0.05) is 24.8 Å². The van der Waals surface area contributed by atoms with Crippen LogP contribution in [0.5, 0.6) is 0 Å². The van der Waals surface area contributed by atoms with Crippen molar-refractivity contribution in [1.82, 2.24) is 19.7 Å². The molecule has 112 valence electrons. The number of nitrogens with zero attached hydrogens (tertiary/aromatic N) is 3. The molecule has 0 aliphatic heterocycles. The van der Waals surface area contributed by atoms with Crippen molar-refractivity contribution in [2.24, 2.45) is 0 Å². The Morgan fingerprint density at radius 2 is 1.95 bits per heavy atom. The minimum atomic E-state index is -3.65. The van der Waals surface area contributed by atoms with Crippen molar-refractivity contribution in [1.29, 1.82) is 0 Å². The van der Waals surface area contributed by atoms with Gasteiger partial charge < -0.3 is 4.42 Å². The lowest BCUT2D eigenvalue weighted by molar-refractivity contribution is 0.573. The van der Waals surface area contributed by atoms with Crippen LogP contribution in [-0.2, 0) is 16.6 Å². The Balaban J connectivity index is 1.83. The molecule has 8 heteroatoms. The molecule has 3 heterocycles. The maximum Gasteiger partial charge on any atom is 0.242 e. The van der Waals surface area contributed by atoms with Crippen LogP contribution in [0.2, 0.25) is 0 Å². The van der Waals surface area contributed by atoms with E-state index >= 15 is 0 Å². The van der Waals surface area contributed by atoms with E-state index in [4.69, 9.17) is 4.42 Å². The van der Waals surface area contributed by atoms with E-state index in [0.29, 0.717) is 17.1 Å². The first kappa shape index (κ1) is 14.4. The van der Waals surface area contributed by atoms with Crippen LogP contribution in [0.1, 0.15) is 5.69 Å². The molecule has 0 bridgehead atoms. The Kier molecular flexibility index (Phi) is 3.94.